The molecule has 26 heavy (non-hydrogen) atoms. The number of amides is 2. The van der Waals surface area contributed by atoms with Crippen LogP contribution in [0, 0.1) is 21.8 Å². The lowest BCUT2D eigenvalue weighted by atomic mass is 10.1. The summed E-state index contributed by atoms with van der Waals surface area (Å²) in [6, 6.07) is 9.11. The van der Waals surface area contributed by atoms with E-state index >= 15 is 0 Å². The summed E-state index contributed by atoms with van der Waals surface area (Å²) >= 11 is 5.97. The van der Waals surface area contributed by atoms with Gasteiger partial charge in [-0.3, -0.25) is 19.7 Å². The Morgan fingerprint density at radius 3 is 2.62 bits per heavy atom. The Labute approximate surface area is 152 Å². The second-order valence-electron chi connectivity index (χ2n) is 5.79. The molecule has 2 aromatic carbocycles. The fraction of sp³-hybridized carbons (Fsp3) is 0.176. The number of carbonyl (C=O) groups is 2. The number of benzene rings is 2. The van der Waals surface area contributed by atoms with Crippen LogP contribution in [0.25, 0.3) is 0 Å². The second kappa shape index (κ2) is 7.09. The zero-order valence-corrected chi connectivity index (χ0v) is 14.1. The molecule has 1 heterocycles. The van der Waals surface area contributed by atoms with E-state index in [1.807, 2.05) is 0 Å². The highest BCUT2D eigenvalue weighted by molar-refractivity contribution is 6.33. The van der Waals surface area contributed by atoms with Crippen molar-refractivity contribution in [1.82, 2.24) is 0 Å². The summed E-state index contributed by atoms with van der Waals surface area (Å²) in [6.07, 6.45) is -0.0181. The number of carbonyl (C=O) groups excluding carboxylic acids is 2. The maximum atomic E-state index is 13.0. The van der Waals surface area contributed by atoms with Gasteiger partial charge >= 0.3 is 0 Å². The number of nitrogens with one attached hydrogen (secondary N) is 1. The number of non-ortho nitro benzene ring substituents is 1. The number of nitro benzene ring substituents is 1. The van der Waals surface area contributed by atoms with E-state index in [0.717, 1.165) is 6.07 Å². The third-order valence-electron chi connectivity index (χ3n) is 4.05. The van der Waals surface area contributed by atoms with Crippen molar-refractivity contribution in [2.45, 2.75) is 6.42 Å². The van der Waals surface area contributed by atoms with Gasteiger partial charge in [0.05, 0.1) is 21.6 Å². The first-order valence-electron chi connectivity index (χ1n) is 7.66. The van der Waals surface area contributed by atoms with Gasteiger partial charge < -0.3 is 10.2 Å². The Hall–Kier alpha value is -3.00. The molecule has 7 nitrogen and oxygen atoms in total. The Balaban J connectivity index is 1.73. The van der Waals surface area contributed by atoms with Crippen molar-refractivity contribution in [3.63, 3.8) is 0 Å². The second-order valence-corrected chi connectivity index (χ2v) is 6.20. The minimum Gasteiger partial charge on any atom is -0.324 e. The number of halogens is 2. The minimum atomic E-state index is -0.650. The lowest BCUT2D eigenvalue weighted by Crippen LogP contribution is -2.28. The third kappa shape index (κ3) is 3.65. The van der Waals surface area contributed by atoms with Gasteiger partial charge in [-0.2, -0.15) is 0 Å². The molecule has 1 atom stereocenters. The van der Waals surface area contributed by atoms with Gasteiger partial charge in [-0.05, 0) is 30.3 Å². The van der Waals surface area contributed by atoms with Crippen LogP contribution in [0.5, 0.6) is 0 Å². The van der Waals surface area contributed by atoms with Crippen LogP contribution < -0.4 is 10.2 Å². The average molecular weight is 378 g/mol. The van der Waals surface area contributed by atoms with Crippen molar-refractivity contribution in [1.29, 1.82) is 0 Å². The minimum absolute atomic E-state index is 0.0181. The standard InChI is InChI=1S/C17H13ClFN3O4/c18-14-6-5-13(22(25)26)8-15(14)20-17(24)10-7-16(23)21(9-10)12-3-1-11(19)2-4-12/h1-6,8,10H,7,9H2,(H,20,24). The summed E-state index contributed by atoms with van der Waals surface area (Å²) in [4.78, 5) is 36.3. The Bertz CT molecular complexity index is 888. The topological polar surface area (TPSA) is 92.5 Å². The van der Waals surface area contributed by atoms with Crippen molar-refractivity contribution in [3.8, 4) is 0 Å². The number of hydrogen-bond donors (Lipinski definition) is 1. The van der Waals surface area contributed by atoms with Crippen LogP contribution in [0.2, 0.25) is 5.02 Å². The van der Waals surface area contributed by atoms with Crippen LogP contribution in [-0.2, 0) is 9.59 Å². The van der Waals surface area contributed by atoms with Crippen LogP contribution in [0.1, 0.15) is 6.42 Å². The van der Waals surface area contributed by atoms with E-state index in [2.05, 4.69) is 5.32 Å². The molecule has 1 aliphatic rings. The zero-order valence-electron chi connectivity index (χ0n) is 13.3. The molecule has 2 aromatic rings. The number of anilines is 2. The summed E-state index contributed by atoms with van der Waals surface area (Å²) in [5.41, 5.74) is 0.402. The van der Waals surface area contributed by atoms with Crippen molar-refractivity contribution in [2.75, 3.05) is 16.8 Å². The van der Waals surface area contributed by atoms with Crippen molar-refractivity contribution in [2.24, 2.45) is 5.92 Å². The van der Waals surface area contributed by atoms with Crippen molar-refractivity contribution < 1.29 is 18.9 Å². The molecule has 1 N–H and O–H groups in total. The summed E-state index contributed by atoms with van der Waals surface area (Å²) in [5.74, 6) is -1.80. The highest BCUT2D eigenvalue weighted by Gasteiger charge is 2.35. The third-order valence-corrected chi connectivity index (χ3v) is 4.38. The van der Waals surface area contributed by atoms with Crippen LogP contribution in [0.4, 0.5) is 21.5 Å². The summed E-state index contributed by atoms with van der Waals surface area (Å²) in [7, 11) is 0. The highest BCUT2D eigenvalue weighted by Crippen LogP contribution is 2.29. The predicted octanol–water partition coefficient (Wildman–Crippen LogP) is 3.38. The molecule has 0 spiro atoms. The highest BCUT2D eigenvalue weighted by atomic mass is 35.5. The molecule has 0 aromatic heterocycles. The summed E-state index contributed by atoms with van der Waals surface area (Å²) in [5, 5.41) is 13.5. The van der Waals surface area contributed by atoms with Crippen LogP contribution >= 0.6 is 11.6 Å². The molecule has 0 aliphatic carbocycles. The Morgan fingerprint density at radius 1 is 1.27 bits per heavy atom. The molecule has 9 heteroatoms. The number of nitrogens with zero attached hydrogens (tertiary/aromatic N) is 2. The zero-order chi connectivity index (χ0) is 18.8. The van der Waals surface area contributed by atoms with E-state index in [4.69, 9.17) is 11.6 Å². The fourth-order valence-corrected chi connectivity index (χ4v) is 2.88. The molecule has 0 bridgehead atoms. The Morgan fingerprint density at radius 2 is 1.96 bits per heavy atom. The maximum absolute atomic E-state index is 13.0. The van der Waals surface area contributed by atoms with Gasteiger partial charge in [-0.15, -0.1) is 0 Å². The molecular formula is C17H13ClFN3O4. The first-order valence-corrected chi connectivity index (χ1v) is 8.03. The van der Waals surface area contributed by atoms with Crippen molar-refractivity contribution in [3.05, 3.63) is 63.4 Å². The van der Waals surface area contributed by atoms with Gasteiger partial charge in [0.1, 0.15) is 5.82 Å². The normalized spacial score (nSPS) is 16.6. The van der Waals surface area contributed by atoms with E-state index < -0.39 is 22.6 Å². The van der Waals surface area contributed by atoms with Gasteiger partial charge in [-0.25, -0.2) is 4.39 Å². The molecule has 1 saturated heterocycles. The first kappa shape index (κ1) is 17.8. The summed E-state index contributed by atoms with van der Waals surface area (Å²) in [6.45, 7) is 0.128. The van der Waals surface area contributed by atoms with E-state index in [-0.39, 0.29) is 35.3 Å². The molecule has 1 fully saturated rings. The van der Waals surface area contributed by atoms with E-state index in [1.54, 1.807) is 0 Å². The fourth-order valence-electron chi connectivity index (χ4n) is 2.71. The summed E-state index contributed by atoms with van der Waals surface area (Å²) < 4.78 is 13.0. The van der Waals surface area contributed by atoms with Gasteiger partial charge in [0.15, 0.2) is 0 Å². The monoisotopic (exact) mass is 377 g/mol. The molecule has 134 valence electrons. The number of nitro groups is 1. The molecule has 1 unspecified atom stereocenters. The van der Waals surface area contributed by atoms with E-state index in [0.29, 0.717) is 5.69 Å². The predicted molar refractivity (Wildman–Crippen MR) is 93.6 cm³/mol. The lowest BCUT2D eigenvalue weighted by Gasteiger charge is -2.16. The molecule has 1 aliphatic heterocycles. The van der Waals surface area contributed by atoms with Crippen LogP contribution in [-0.4, -0.2) is 23.3 Å². The molecule has 2 amide bonds. The largest absolute Gasteiger partial charge is 0.324 e. The van der Waals surface area contributed by atoms with Crippen LogP contribution in [0.15, 0.2) is 42.5 Å². The number of rotatable bonds is 4. The quantitative estimate of drug-likeness (QED) is 0.653. The smallest absolute Gasteiger partial charge is 0.271 e. The van der Waals surface area contributed by atoms with Gasteiger partial charge in [0.2, 0.25) is 11.8 Å². The lowest BCUT2D eigenvalue weighted by molar-refractivity contribution is -0.384. The molecule has 0 radical (unpaired) electrons. The first-order chi connectivity index (χ1) is 12.3. The molecular weight excluding hydrogens is 365 g/mol. The van der Waals surface area contributed by atoms with E-state index in [1.165, 1.54) is 41.3 Å². The Kier molecular flexibility index (Phi) is 4.85. The van der Waals surface area contributed by atoms with Gasteiger partial charge in [0, 0.05) is 30.8 Å². The molecule has 3 rings (SSSR count). The van der Waals surface area contributed by atoms with Gasteiger partial charge in [0.25, 0.3) is 5.69 Å². The number of hydrogen-bond acceptors (Lipinski definition) is 4. The SMILES string of the molecule is O=C(Nc1cc([N+](=O)[O-])ccc1Cl)C1CC(=O)N(c2ccc(F)cc2)C1. The van der Waals surface area contributed by atoms with Crippen LogP contribution in [0.3, 0.4) is 0 Å². The molecule has 0 saturated carbocycles. The van der Waals surface area contributed by atoms with Gasteiger partial charge in [-0.1, -0.05) is 11.6 Å². The van der Waals surface area contributed by atoms with E-state index in [9.17, 15) is 24.1 Å². The average Bonchev–Trinajstić information content (AvgIpc) is 2.99. The maximum Gasteiger partial charge on any atom is 0.271 e. The van der Waals surface area contributed by atoms with Crippen molar-refractivity contribution >= 4 is 40.5 Å².